The number of carboxylic acids is 1. The molecular formula is C14H15BrFNO4. The summed E-state index contributed by atoms with van der Waals surface area (Å²) in [5.74, 6) is -1.71. The lowest BCUT2D eigenvalue weighted by molar-refractivity contribution is -0.142. The highest BCUT2D eigenvalue weighted by atomic mass is 79.9. The molecule has 0 aliphatic carbocycles. The summed E-state index contributed by atoms with van der Waals surface area (Å²) in [7, 11) is 0. The van der Waals surface area contributed by atoms with Crippen molar-refractivity contribution in [3.05, 3.63) is 28.5 Å². The number of amides is 1. The molecule has 114 valence electrons. The second-order valence-corrected chi connectivity index (χ2v) is 5.80. The predicted octanol–water partition coefficient (Wildman–Crippen LogP) is 2.29. The molecule has 1 amide bonds. The number of carboxylic acid groups (broad SMARTS) is 1. The van der Waals surface area contributed by atoms with Crippen molar-refractivity contribution >= 4 is 27.8 Å². The van der Waals surface area contributed by atoms with E-state index in [1.54, 1.807) is 6.92 Å². The number of carbonyl (C=O) groups excluding carboxylic acids is 1. The molecule has 1 aliphatic heterocycles. The monoisotopic (exact) mass is 359 g/mol. The fraction of sp³-hybridized carbons (Fsp3) is 0.429. The van der Waals surface area contributed by atoms with Crippen LogP contribution in [0.5, 0.6) is 5.75 Å². The Morgan fingerprint density at radius 2 is 2.24 bits per heavy atom. The fourth-order valence-electron chi connectivity index (χ4n) is 2.23. The van der Waals surface area contributed by atoms with E-state index in [9.17, 15) is 14.0 Å². The Morgan fingerprint density at radius 3 is 2.81 bits per heavy atom. The minimum atomic E-state index is -0.889. The van der Waals surface area contributed by atoms with Gasteiger partial charge in [-0.3, -0.25) is 9.59 Å². The van der Waals surface area contributed by atoms with Crippen LogP contribution >= 0.6 is 15.9 Å². The van der Waals surface area contributed by atoms with Crippen LogP contribution in [0.4, 0.5) is 4.39 Å². The van der Waals surface area contributed by atoms with Crippen LogP contribution in [0.15, 0.2) is 22.7 Å². The molecule has 0 saturated carbocycles. The number of hydrogen-bond acceptors (Lipinski definition) is 3. The summed E-state index contributed by atoms with van der Waals surface area (Å²) in [6, 6.07) is 3.93. The molecule has 0 aromatic heterocycles. The third-order valence-corrected chi connectivity index (χ3v) is 4.01. The Bertz CT molecular complexity index is 566. The Kier molecular flexibility index (Phi) is 4.82. The van der Waals surface area contributed by atoms with Crippen LogP contribution in [-0.4, -0.2) is 41.1 Å². The van der Waals surface area contributed by atoms with Crippen LogP contribution in [0, 0.1) is 11.7 Å². The third-order valence-electron chi connectivity index (χ3n) is 3.39. The Hall–Kier alpha value is -1.63. The number of likely N-dealkylation sites (tertiary alicyclic amines) is 1. The van der Waals surface area contributed by atoms with Crippen LogP contribution in [-0.2, 0) is 9.59 Å². The number of nitrogens with zero attached hydrogens (tertiary/aromatic N) is 1. The molecule has 1 fully saturated rings. The summed E-state index contributed by atoms with van der Waals surface area (Å²) in [5.41, 5.74) is 0. The number of hydrogen-bond donors (Lipinski definition) is 1. The number of benzene rings is 1. The fourth-order valence-corrected chi connectivity index (χ4v) is 2.68. The van der Waals surface area contributed by atoms with Gasteiger partial charge in [0.05, 0.1) is 10.4 Å². The quantitative estimate of drug-likeness (QED) is 0.895. The lowest BCUT2D eigenvalue weighted by Crippen LogP contribution is -2.39. The first-order valence-corrected chi connectivity index (χ1v) is 7.31. The van der Waals surface area contributed by atoms with Crippen molar-refractivity contribution in [2.24, 2.45) is 5.92 Å². The maximum Gasteiger partial charge on any atom is 0.308 e. The molecule has 21 heavy (non-hydrogen) atoms. The van der Waals surface area contributed by atoms with Gasteiger partial charge in [-0.25, -0.2) is 4.39 Å². The lowest BCUT2D eigenvalue weighted by Gasteiger charge is -2.22. The van der Waals surface area contributed by atoms with Crippen LogP contribution in [0.2, 0.25) is 0 Å². The van der Waals surface area contributed by atoms with E-state index in [1.165, 1.54) is 23.1 Å². The van der Waals surface area contributed by atoms with Gasteiger partial charge in [0.15, 0.2) is 6.10 Å². The molecule has 7 heteroatoms. The molecule has 1 aliphatic rings. The highest BCUT2D eigenvalue weighted by Crippen LogP contribution is 2.27. The third kappa shape index (κ3) is 3.72. The number of aliphatic carboxylic acids is 1. The maximum absolute atomic E-state index is 13.0. The topological polar surface area (TPSA) is 66.8 Å². The number of rotatable bonds is 4. The zero-order chi connectivity index (χ0) is 15.6. The van der Waals surface area contributed by atoms with E-state index in [2.05, 4.69) is 15.9 Å². The van der Waals surface area contributed by atoms with E-state index in [0.29, 0.717) is 23.2 Å². The van der Waals surface area contributed by atoms with Gasteiger partial charge in [0.1, 0.15) is 11.6 Å². The van der Waals surface area contributed by atoms with Crippen molar-refractivity contribution in [3.63, 3.8) is 0 Å². The molecule has 1 aromatic rings. The van der Waals surface area contributed by atoms with Gasteiger partial charge in [-0.15, -0.1) is 0 Å². The first kappa shape index (κ1) is 15.8. The average Bonchev–Trinajstić information content (AvgIpc) is 2.90. The minimum Gasteiger partial charge on any atom is -0.481 e. The summed E-state index contributed by atoms with van der Waals surface area (Å²) in [5, 5.41) is 8.94. The molecule has 1 N–H and O–H groups in total. The van der Waals surface area contributed by atoms with Gasteiger partial charge in [-0.05, 0) is 47.5 Å². The summed E-state index contributed by atoms with van der Waals surface area (Å²) in [4.78, 5) is 24.6. The summed E-state index contributed by atoms with van der Waals surface area (Å²) in [6.07, 6.45) is -0.312. The normalized spacial score (nSPS) is 19.4. The van der Waals surface area contributed by atoms with E-state index in [1.807, 2.05) is 0 Å². The molecule has 2 rings (SSSR count). The summed E-state index contributed by atoms with van der Waals surface area (Å²) in [6.45, 7) is 2.20. The number of ether oxygens (including phenoxy) is 1. The molecule has 5 nitrogen and oxygen atoms in total. The lowest BCUT2D eigenvalue weighted by atomic mass is 10.1. The minimum absolute atomic E-state index is 0.201. The zero-order valence-corrected chi connectivity index (χ0v) is 13.0. The summed E-state index contributed by atoms with van der Waals surface area (Å²) < 4.78 is 18.9. The number of carbonyl (C=O) groups is 2. The molecule has 2 atom stereocenters. The first-order chi connectivity index (χ1) is 9.88. The van der Waals surface area contributed by atoms with Gasteiger partial charge in [0, 0.05) is 13.1 Å². The Balaban J connectivity index is 1.98. The SMILES string of the molecule is C[C@@H](Oc1ccc(F)cc1Br)C(=O)N1CC[C@@H](C(=O)O)C1. The second kappa shape index (κ2) is 6.43. The van der Waals surface area contributed by atoms with Crippen LogP contribution in [0.3, 0.4) is 0 Å². The zero-order valence-electron chi connectivity index (χ0n) is 11.4. The Labute approximate surface area is 129 Å². The van der Waals surface area contributed by atoms with Crippen molar-refractivity contribution in [2.45, 2.75) is 19.4 Å². The van der Waals surface area contributed by atoms with Gasteiger partial charge in [-0.2, -0.15) is 0 Å². The van der Waals surface area contributed by atoms with Crippen LogP contribution in [0.25, 0.3) is 0 Å². The Morgan fingerprint density at radius 1 is 1.52 bits per heavy atom. The maximum atomic E-state index is 13.0. The van der Waals surface area contributed by atoms with Gasteiger partial charge in [0.2, 0.25) is 0 Å². The van der Waals surface area contributed by atoms with Crippen molar-refractivity contribution in [1.82, 2.24) is 4.90 Å². The van der Waals surface area contributed by atoms with Crippen molar-refractivity contribution in [2.75, 3.05) is 13.1 Å². The van der Waals surface area contributed by atoms with Gasteiger partial charge >= 0.3 is 5.97 Å². The average molecular weight is 360 g/mol. The molecule has 1 saturated heterocycles. The summed E-state index contributed by atoms with van der Waals surface area (Å²) >= 11 is 3.17. The molecular weight excluding hydrogens is 345 g/mol. The highest BCUT2D eigenvalue weighted by Gasteiger charge is 2.33. The molecule has 1 aromatic carbocycles. The molecule has 0 bridgehead atoms. The standard InChI is InChI=1S/C14H15BrFNO4/c1-8(21-12-3-2-10(16)6-11(12)15)13(18)17-5-4-9(7-17)14(19)20/h2-3,6,8-9H,4-5,7H2,1H3,(H,19,20)/t8-,9-/m1/s1. The molecule has 0 unspecified atom stereocenters. The van der Waals surface area contributed by atoms with Gasteiger partial charge in [0.25, 0.3) is 5.91 Å². The van der Waals surface area contributed by atoms with Crippen LogP contribution in [0.1, 0.15) is 13.3 Å². The van der Waals surface area contributed by atoms with E-state index < -0.39 is 23.8 Å². The number of halogens is 2. The molecule has 0 spiro atoms. The van der Waals surface area contributed by atoms with E-state index in [4.69, 9.17) is 9.84 Å². The van der Waals surface area contributed by atoms with Crippen molar-refractivity contribution in [3.8, 4) is 5.75 Å². The van der Waals surface area contributed by atoms with Crippen molar-refractivity contribution < 1.29 is 23.8 Å². The second-order valence-electron chi connectivity index (χ2n) is 4.94. The predicted molar refractivity (Wildman–Crippen MR) is 76.5 cm³/mol. The van der Waals surface area contributed by atoms with E-state index >= 15 is 0 Å². The first-order valence-electron chi connectivity index (χ1n) is 6.51. The smallest absolute Gasteiger partial charge is 0.308 e. The van der Waals surface area contributed by atoms with Crippen LogP contribution < -0.4 is 4.74 Å². The van der Waals surface area contributed by atoms with Gasteiger partial charge < -0.3 is 14.7 Å². The largest absolute Gasteiger partial charge is 0.481 e. The molecule has 1 heterocycles. The van der Waals surface area contributed by atoms with E-state index in [-0.39, 0.29) is 12.5 Å². The van der Waals surface area contributed by atoms with Gasteiger partial charge in [-0.1, -0.05) is 0 Å². The van der Waals surface area contributed by atoms with Crippen molar-refractivity contribution in [1.29, 1.82) is 0 Å². The highest BCUT2D eigenvalue weighted by molar-refractivity contribution is 9.10. The molecule has 0 radical (unpaired) electrons. The van der Waals surface area contributed by atoms with E-state index in [0.717, 1.165) is 0 Å².